The van der Waals surface area contributed by atoms with Gasteiger partial charge in [0.25, 0.3) is 0 Å². The van der Waals surface area contributed by atoms with Crippen LogP contribution in [0.25, 0.3) is 0 Å². The van der Waals surface area contributed by atoms with Crippen LogP contribution in [0.3, 0.4) is 0 Å². The van der Waals surface area contributed by atoms with Crippen LogP contribution in [0, 0.1) is 11.8 Å². The second kappa shape index (κ2) is 9.66. The van der Waals surface area contributed by atoms with E-state index in [1.54, 1.807) is 4.31 Å². The highest BCUT2D eigenvalue weighted by atomic mass is 32.2. The first-order chi connectivity index (χ1) is 12.3. The van der Waals surface area contributed by atoms with Crippen LogP contribution >= 0.6 is 0 Å². The van der Waals surface area contributed by atoms with E-state index >= 15 is 0 Å². The zero-order chi connectivity index (χ0) is 19.2. The van der Waals surface area contributed by atoms with Gasteiger partial charge in [0, 0.05) is 26.2 Å². The average molecular weight is 389 g/mol. The van der Waals surface area contributed by atoms with Gasteiger partial charge in [0.05, 0.1) is 18.2 Å². The largest absolute Gasteiger partial charge is 0.369 e. The Kier molecular flexibility index (Phi) is 7.85. The van der Waals surface area contributed by atoms with Crippen molar-refractivity contribution >= 4 is 21.8 Å². The molecule has 2 saturated heterocycles. The van der Waals surface area contributed by atoms with Gasteiger partial charge in [-0.25, -0.2) is 12.7 Å². The van der Waals surface area contributed by atoms with E-state index in [2.05, 4.69) is 5.32 Å². The van der Waals surface area contributed by atoms with Crippen molar-refractivity contribution in [1.29, 1.82) is 0 Å². The van der Waals surface area contributed by atoms with E-state index in [9.17, 15) is 18.0 Å². The molecule has 2 fully saturated rings. The van der Waals surface area contributed by atoms with Crippen LogP contribution in [0.5, 0.6) is 0 Å². The van der Waals surface area contributed by atoms with Crippen molar-refractivity contribution in [2.24, 2.45) is 17.6 Å². The van der Waals surface area contributed by atoms with Crippen molar-refractivity contribution in [3.05, 3.63) is 0 Å². The summed E-state index contributed by atoms with van der Waals surface area (Å²) in [6.45, 7) is 5.12. The number of hydrogen-bond acceptors (Lipinski definition) is 5. The van der Waals surface area contributed by atoms with Crippen LogP contribution in [0.4, 0.5) is 0 Å². The zero-order valence-electron chi connectivity index (χ0n) is 15.7. The van der Waals surface area contributed by atoms with Gasteiger partial charge in [-0.1, -0.05) is 6.92 Å². The highest BCUT2D eigenvalue weighted by Gasteiger charge is 2.29. The van der Waals surface area contributed by atoms with Crippen LogP contribution in [-0.4, -0.2) is 74.5 Å². The number of likely N-dealkylation sites (tertiary alicyclic amines) is 1. The van der Waals surface area contributed by atoms with Gasteiger partial charge in [-0.15, -0.1) is 0 Å². The predicted octanol–water partition coefficient (Wildman–Crippen LogP) is -0.248. The van der Waals surface area contributed by atoms with Crippen molar-refractivity contribution in [2.45, 2.75) is 39.0 Å². The minimum absolute atomic E-state index is 0.0280. The highest BCUT2D eigenvalue weighted by Crippen LogP contribution is 2.21. The van der Waals surface area contributed by atoms with Crippen LogP contribution < -0.4 is 11.1 Å². The normalized spacial score (nSPS) is 23.7. The van der Waals surface area contributed by atoms with Gasteiger partial charge in [0.2, 0.25) is 21.8 Å². The maximum absolute atomic E-state index is 12.4. The summed E-state index contributed by atoms with van der Waals surface area (Å²) < 4.78 is 25.8. The third-order valence-electron chi connectivity index (χ3n) is 5.25. The molecule has 0 aliphatic carbocycles. The molecule has 1 atom stereocenters. The van der Waals surface area contributed by atoms with Crippen molar-refractivity contribution in [3.8, 4) is 0 Å². The number of amides is 2. The molecule has 0 bridgehead atoms. The average Bonchev–Trinajstić information content (AvgIpc) is 2.59. The van der Waals surface area contributed by atoms with E-state index < -0.39 is 10.0 Å². The minimum Gasteiger partial charge on any atom is -0.369 e. The summed E-state index contributed by atoms with van der Waals surface area (Å²) in [6.07, 6.45) is 3.91. The summed E-state index contributed by atoms with van der Waals surface area (Å²) in [7, 11) is -3.12. The number of nitrogens with two attached hydrogens (primary N) is 1. The fourth-order valence-corrected chi connectivity index (χ4v) is 5.34. The number of nitrogens with one attached hydrogen (secondary N) is 1. The van der Waals surface area contributed by atoms with Gasteiger partial charge in [0.15, 0.2) is 0 Å². The number of hydrogen-bond donors (Lipinski definition) is 2. The Morgan fingerprint density at radius 2 is 1.85 bits per heavy atom. The van der Waals surface area contributed by atoms with Crippen LogP contribution in [0.15, 0.2) is 0 Å². The maximum atomic E-state index is 12.4. The maximum Gasteiger partial charge on any atom is 0.231 e. The summed E-state index contributed by atoms with van der Waals surface area (Å²) in [6, 6.07) is 0. The summed E-state index contributed by atoms with van der Waals surface area (Å²) in [4.78, 5) is 25.4. The zero-order valence-corrected chi connectivity index (χ0v) is 16.5. The molecule has 2 amide bonds. The Morgan fingerprint density at radius 1 is 1.15 bits per heavy atom. The fraction of sp³-hybridized carbons (Fsp3) is 0.882. The van der Waals surface area contributed by atoms with E-state index in [-0.39, 0.29) is 30.0 Å². The first-order valence-corrected chi connectivity index (χ1v) is 11.2. The second-order valence-corrected chi connectivity index (χ2v) is 9.53. The Labute approximate surface area is 156 Å². The number of piperidine rings is 2. The monoisotopic (exact) mass is 388 g/mol. The molecule has 0 aromatic heterocycles. The standard InChI is InChI=1S/C17H32N4O4S/c1-2-10-26(24,25)21-8-5-14(6-9-21)11-19-17(23)15-4-3-7-20(12-15)13-16(18)22/h14-15H,2-13H2,1H3,(H2,18,22)(H,19,23). The second-order valence-electron chi connectivity index (χ2n) is 7.44. The number of nitrogens with zero attached hydrogens (tertiary/aromatic N) is 2. The first kappa shape index (κ1) is 21.1. The quantitative estimate of drug-likeness (QED) is 0.595. The summed E-state index contributed by atoms with van der Waals surface area (Å²) in [5, 5.41) is 3.02. The molecule has 0 radical (unpaired) electrons. The molecule has 0 aromatic carbocycles. The third-order valence-corrected chi connectivity index (χ3v) is 7.33. The van der Waals surface area contributed by atoms with E-state index in [0.717, 1.165) is 32.2 Å². The smallest absolute Gasteiger partial charge is 0.231 e. The number of carbonyl (C=O) groups is 2. The van der Waals surface area contributed by atoms with E-state index in [0.29, 0.717) is 38.5 Å². The lowest BCUT2D eigenvalue weighted by atomic mass is 9.95. The summed E-state index contributed by atoms with van der Waals surface area (Å²) >= 11 is 0. The molecule has 0 aromatic rings. The predicted molar refractivity (Wildman–Crippen MR) is 99.7 cm³/mol. The molecular weight excluding hydrogens is 356 g/mol. The van der Waals surface area contributed by atoms with Gasteiger partial charge >= 0.3 is 0 Å². The molecule has 2 aliphatic heterocycles. The SMILES string of the molecule is CCCS(=O)(=O)N1CCC(CNC(=O)C2CCCN(CC(N)=O)C2)CC1. The number of sulfonamides is 1. The van der Waals surface area contributed by atoms with Crippen LogP contribution in [-0.2, 0) is 19.6 Å². The van der Waals surface area contributed by atoms with Crippen molar-refractivity contribution < 1.29 is 18.0 Å². The number of primary amides is 1. The molecule has 3 N–H and O–H groups in total. The molecule has 2 heterocycles. The lowest BCUT2D eigenvalue weighted by molar-refractivity contribution is -0.128. The molecule has 0 saturated carbocycles. The molecule has 150 valence electrons. The molecule has 0 spiro atoms. The van der Waals surface area contributed by atoms with Crippen molar-refractivity contribution in [1.82, 2.24) is 14.5 Å². The van der Waals surface area contributed by atoms with E-state index in [4.69, 9.17) is 5.73 Å². The van der Waals surface area contributed by atoms with Gasteiger partial charge < -0.3 is 11.1 Å². The molecule has 8 nitrogen and oxygen atoms in total. The first-order valence-electron chi connectivity index (χ1n) is 9.58. The lowest BCUT2D eigenvalue weighted by Gasteiger charge is -2.33. The summed E-state index contributed by atoms with van der Waals surface area (Å²) in [5.41, 5.74) is 5.23. The molecule has 26 heavy (non-hydrogen) atoms. The van der Waals surface area contributed by atoms with Crippen molar-refractivity contribution in [2.75, 3.05) is 45.0 Å². The van der Waals surface area contributed by atoms with Crippen LogP contribution in [0.1, 0.15) is 39.0 Å². The molecular formula is C17H32N4O4S. The van der Waals surface area contributed by atoms with Crippen LogP contribution in [0.2, 0.25) is 0 Å². The Balaban J connectivity index is 1.72. The molecule has 9 heteroatoms. The van der Waals surface area contributed by atoms with Gasteiger partial charge in [-0.05, 0) is 44.6 Å². The summed E-state index contributed by atoms with van der Waals surface area (Å²) in [5.74, 6) is 0.0826. The molecule has 2 aliphatic rings. The fourth-order valence-electron chi connectivity index (χ4n) is 3.80. The molecule has 1 unspecified atom stereocenters. The Morgan fingerprint density at radius 3 is 2.46 bits per heavy atom. The van der Waals surface area contributed by atoms with Gasteiger partial charge in [-0.2, -0.15) is 0 Å². The number of carbonyl (C=O) groups excluding carboxylic acids is 2. The third kappa shape index (κ3) is 6.21. The minimum atomic E-state index is -3.12. The molecule has 2 rings (SSSR count). The van der Waals surface area contributed by atoms with Gasteiger partial charge in [0.1, 0.15) is 0 Å². The lowest BCUT2D eigenvalue weighted by Crippen LogP contribution is -2.47. The highest BCUT2D eigenvalue weighted by molar-refractivity contribution is 7.89. The Hall–Kier alpha value is -1.19. The number of rotatable bonds is 8. The topological polar surface area (TPSA) is 113 Å². The van der Waals surface area contributed by atoms with E-state index in [1.807, 2.05) is 11.8 Å². The Bertz CT molecular complexity index is 588. The van der Waals surface area contributed by atoms with Gasteiger partial charge in [-0.3, -0.25) is 14.5 Å². The van der Waals surface area contributed by atoms with Crippen molar-refractivity contribution in [3.63, 3.8) is 0 Å². The van der Waals surface area contributed by atoms with E-state index in [1.165, 1.54) is 0 Å².